The molecule has 0 aliphatic heterocycles. The van der Waals surface area contributed by atoms with Crippen molar-refractivity contribution in [1.29, 1.82) is 0 Å². The summed E-state index contributed by atoms with van der Waals surface area (Å²) >= 11 is 0. The lowest BCUT2D eigenvalue weighted by atomic mass is 9.97. The molecule has 0 saturated carbocycles. The number of hydrogen-bond donors (Lipinski definition) is 4. The van der Waals surface area contributed by atoms with Gasteiger partial charge in [-0.2, -0.15) is 0 Å². The average molecular weight is 518 g/mol. The maximum absolute atomic E-state index is 13.3. The Morgan fingerprint density at radius 1 is 0.763 bits per heavy atom. The molecule has 0 aromatic heterocycles. The van der Waals surface area contributed by atoms with Gasteiger partial charge in [-0.1, -0.05) is 98.8 Å². The van der Waals surface area contributed by atoms with Crippen LogP contribution in [0.15, 0.2) is 84.9 Å². The van der Waals surface area contributed by atoms with E-state index in [1.165, 1.54) is 4.90 Å². The van der Waals surface area contributed by atoms with Crippen molar-refractivity contribution >= 4 is 17.9 Å². The normalized spacial score (nSPS) is 12.4. The SMILES string of the molecule is CC(C)CN(C[C@H](Cc1ccccc1)C(=O)NO)C(=O)N[C@@H](Cc1ccc(-c2ccccc2)cc1)C(=O)O. The van der Waals surface area contributed by atoms with Crippen LogP contribution < -0.4 is 10.8 Å². The molecule has 0 aliphatic carbocycles. The van der Waals surface area contributed by atoms with Crippen molar-refractivity contribution < 1.29 is 24.7 Å². The third kappa shape index (κ3) is 8.45. The maximum atomic E-state index is 13.3. The van der Waals surface area contributed by atoms with E-state index >= 15 is 0 Å². The molecule has 8 nitrogen and oxygen atoms in total. The summed E-state index contributed by atoms with van der Waals surface area (Å²) in [5.41, 5.74) is 5.43. The lowest BCUT2D eigenvalue weighted by Gasteiger charge is -2.29. The van der Waals surface area contributed by atoms with Crippen LogP contribution in [0.2, 0.25) is 0 Å². The molecule has 0 spiro atoms. The summed E-state index contributed by atoms with van der Waals surface area (Å²) < 4.78 is 0. The van der Waals surface area contributed by atoms with Gasteiger partial charge in [-0.15, -0.1) is 0 Å². The number of benzene rings is 3. The minimum absolute atomic E-state index is 0.0173. The molecular formula is C30H35N3O5. The largest absolute Gasteiger partial charge is 0.480 e. The number of hydroxylamine groups is 1. The molecule has 3 rings (SSSR count). The van der Waals surface area contributed by atoms with Crippen LogP contribution in [0.1, 0.15) is 25.0 Å². The highest BCUT2D eigenvalue weighted by molar-refractivity contribution is 5.84. The lowest BCUT2D eigenvalue weighted by molar-refractivity contribution is -0.139. The zero-order valence-corrected chi connectivity index (χ0v) is 21.7. The number of urea groups is 1. The molecular weight excluding hydrogens is 482 g/mol. The standard InChI is InChI=1S/C30H35N3O5/c1-21(2)19-33(20-26(28(34)32-38)17-22-9-5-3-6-10-22)30(37)31-27(29(35)36)18-23-13-15-25(16-14-23)24-11-7-4-8-12-24/h3-16,21,26-27,38H,17-20H2,1-2H3,(H,31,37)(H,32,34)(H,35,36)/t26-,27-/m0/s1. The van der Waals surface area contributed by atoms with Crippen LogP contribution in [0.25, 0.3) is 11.1 Å². The van der Waals surface area contributed by atoms with Crippen LogP contribution in [-0.4, -0.2) is 52.3 Å². The van der Waals surface area contributed by atoms with E-state index in [2.05, 4.69) is 5.32 Å². The van der Waals surface area contributed by atoms with Gasteiger partial charge in [0.05, 0.1) is 5.92 Å². The fourth-order valence-corrected chi connectivity index (χ4v) is 4.32. The fraction of sp³-hybridized carbons (Fsp3) is 0.300. The van der Waals surface area contributed by atoms with Crippen molar-refractivity contribution in [1.82, 2.24) is 15.7 Å². The van der Waals surface area contributed by atoms with Crippen molar-refractivity contribution in [3.8, 4) is 11.1 Å². The molecule has 0 aliphatic rings. The van der Waals surface area contributed by atoms with Gasteiger partial charge in [0.2, 0.25) is 5.91 Å². The lowest BCUT2D eigenvalue weighted by Crippen LogP contribution is -2.52. The van der Waals surface area contributed by atoms with Gasteiger partial charge in [0.25, 0.3) is 0 Å². The topological polar surface area (TPSA) is 119 Å². The summed E-state index contributed by atoms with van der Waals surface area (Å²) in [4.78, 5) is 39.2. The van der Waals surface area contributed by atoms with E-state index in [-0.39, 0.29) is 18.9 Å². The number of aliphatic carboxylic acids is 1. The second-order valence-corrected chi connectivity index (χ2v) is 9.77. The Hall–Kier alpha value is -4.17. The van der Waals surface area contributed by atoms with Gasteiger partial charge in [-0.25, -0.2) is 15.1 Å². The summed E-state index contributed by atoms with van der Waals surface area (Å²) in [6.07, 6.45) is 0.418. The number of nitrogens with one attached hydrogen (secondary N) is 2. The molecule has 3 aromatic rings. The highest BCUT2D eigenvalue weighted by Crippen LogP contribution is 2.20. The highest BCUT2D eigenvalue weighted by Gasteiger charge is 2.28. The summed E-state index contributed by atoms with van der Waals surface area (Å²) in [5.74, 6) is -2.41. The van der Waals surface area contributed by atoms with Crippen molar-refractivity contribution in [2.24, 2.45) is 11.8 Å². The molecule has 3 aromatic carbocycles. The predicted octanol–water partition coefficient (Wildman–Crippen LogP) is 4.38. The van der Waals surface area contributed by atoms with E-state index in [0.717, 1.165) is 22.3 Å². The zero-order valence-electron chi connectivity index (χ0n) is 21.7. The molecule has 8 heteroatoms. The Bertz CT molecular complexity index is 1180. The summed E-state index contributed by atoms with van der Waals surface area (Å²) in [7, 11) is 0. The van der Waals surface area contributed by atoms with Crippen LogP contribution >= 0.6 is 0 Å². The number of carboxylic acid groups (broad SMARTS) is 1. The van der Waals surface area contributed by atoms with Gasteiger partial charge in [0.15, 0.2) is 0 Å². The van der Waals surface area contributed by atoms with E-state index in [1.54, 1.807) is 5.48 Å². The van der Waals surface area contributed by atoms with E-state index in [4.69, 9.17) is 0 Å². The number of rotatable bonds is 12. The van der Waals surface area contributed by atoms with Gasteiger partial charge in [0, 0.05) is 19.5 Å². The van der Waals surface area contributed by atoms with Gasteiger partial charge < -0.3 is 15.3 Å². The van der Waals surface area contributed by atoms with E-state index in [9.17, 15) is 24.7 Å². The average Bonchev–Trinajstić information content (AvgIpc) is 2.92. The predicted molar refractivity (Wildman–Crippen MR) is 146 cm³/mol. The highest BCUT2D eigenvalue weighted by atomic mass is 16.5. The molecule has 4 N–H and O–H groups in total. The van der Waals surface area contributed by atoms with Gasteiger partial charge >= 0.3 is 12.0 Å². The second kappa shape index (κ2) is 13.9. The zero-order chi connectivity index (χ0) is 27.5. The fourth-order valence-electron chi connectivity index (χ4n) is 4.32. The third-order valence-corrected chi connectivity index (χ3v) is 6.22. The maximum Gasteiger partial charge on any atom is 0.326 e. The minimum Gasteiger partial charge on any atom is -0.480 e. The van der Waals surface area contributed by atoms with Crippen LogP contribution in [0.4, 0.5) is 4.79 Å². The Kier molecular flexibility index (Phi) is 10.4. The Morgan fingerprint density at radius 3 is 1.87 bits per heavy atom. The molecule has 0 saturated heterocycles. The molecule has 200 valence electrons. The Labute approximate surface area is 223 Å². The van der Waals surface area contributed by atoms with Crippen LogP contribution in [0.5, 0.6) is 0 Å². The van der Waals surface area contributed by atoms with E-state index in [0.29, 0.717) is 13.0 Å². The first-order valence-electron chi connectivity index (χ1n) is 12.7. The van der Waals surface area contributed by atoms with Crippen molar-refractivity contribution in [2.45, 2.75) is 32.7 Å². The van der Waals surface area contributed by atoms with E-state index < -0.39 is 29.9 Å². The summed E-state index contributed by atoms with van der Waals surface area (Å²) in [5, 5.41) is 21.8. The molecule has 0 radical (unpaired) electrons. The summed E-state index contributed by atoms with van der Waals surface area (Å²) in [6, 6.07) is 25.0. The molecule has 0 unspecified atom stereocenters. The molecule has 0 fully saturated rings. The number of carbonyl (C=O) groups is 3. The quantitative estimate of drug-likeness (QED) is 0.210. The van der Waals surface area contributed by atoms with Crippen molar-refractivity contribution in [3.05, 3.63) is 96.1 Å². The van der Waals surface area contributed by atoms with Crippen LogP contribution in [0.3, 0.4) is 0 Å². The first-order valence-corrected chi connectivity index (χ1v) is 12.7. The molecule has 0 bridgehead atoms. The minimum atomic E-state index is -1.15. The van der Waals surface area contributed by atoms with Gasteiger partial charge in [-0.05, 0) is 34.6 Å². The first kappa shape index (κ1) is 28.4. The van der Waals surface area contributed by atoms with Crippen molar-refractivity contribution in [2.75, 3.05) is 13.1 Å². The molecule has 0 heterocycles. The smallest absolute Gasteiger partial charge is 0.326 e. The van der Waals surface area contributed by atoms with E-state index in [1.807, 2.05) is 98.8 Å². The summed E-state index contributed by atoms with van der Waals surface area (Å²) in [6.45, 7) is 4.19. The number of amides is 3. The number of hydrogen-bond acceptors (Lipinski definition) is 4. The number of carboxylic acids is 1. The Balaban J connectivity index is 1.72. The Morgan fingerprint density at radius 2 is 1.32 bits per heavy atom. The first-order chi connectivity index (χ1) is 18.3. The molecule has 2 atom stereocenters. The van der Waals surface area contributed by atoms with Crippen LogP contribution in [-0.2, 0) is 22.4 Å². The van der Waals surface area contributed by atoms with Crippen LogP contribution in [0, 0.1) is 11.8 Å². The third-order valence-electron chi connectivity index (χ3n) is 6.22. The number of carbonyl (C=O) groups excluding carboxylic acids is 2. The van der Waals surface area contributed by atoms with Gasteiger partial charge in [-0.3, -0.25) is 10.0 Å². The number of nitrogens with zero attached hydrogens (tertiary/aromatic N) is 1. The second-order valence-electron chi connectivity index (χ2n) is 9.77. The van der Waals surface area contributed by atoms with Crippen molar-refractivity contribution in [3.63, 3.8) is 0 Å². The van der Waals surface area contributed by atoms with Gasteiger partial charge in [0.1, 0.15) is 6.04 Å². The molecule has 38 heavy (non-hydrogen) atoms. The monoisotopic (exact) mass is 517 g/mol. The molecule has 3 amide bonds.